The molecule has 112 valence electrons. The topological polar surface area (TPSA) is 30.2 Å². The van der Waals surface area contributed by atoms with Gasteiger partial charge >= 0.3 is 0 Å². The number of rotatable bonds is 0. The lowest BCUT2D eigenvalue weighted by Crippen LogP contribution is -1.94. The first-order chi connectivity index (χ1) is 11.8. The smallest absolute Gasteiger partial charge is 0.145 e. The number of para-hydroxylation sites is 1. The molecule has 0 saturated carbocycles. The van der Waals surface area contributed by atoms with Crippen LogP contribution in [0.4, 0.5) is 0 Å². The number of nitrogens with zero attached hydrogens (tertiary/aromatic N) is 3. The lowest BCUT2D eigenvalue weighted by atomic mass is 10.0. The number of aromatic nitrogens is 3. The van der Waals surface area contributed by atoms with Crippen molar-refractivity contribution in [2.45, 2.75) is 0 Å². The summed E-state index contributed by atoms with van der Waals surface area (Å²) in [5, 5.41) is 6.44. The van der Waals surface area contributed by atoms with Crippen molar-refractivity contribution in [3.63, 3.8) is 0 Å². The van der Waals surface area contributed by atoms with Gasteiger partial charge < -0.3 is 0 Å². The van der Waals surface area contributed by atoms with Gasteiger partial charge in [0.2, 0.25) is 0 Å². The van der Waals surface area contributed by atoms with Crippen molar-refractivity contribution >= 4 is 60.7 Å². The summed E-state index contributed by atoms with van der Waals surface area (Å²) in [7, 11) is 0. The van der Waals surface area contributed by atoms with Gasteiger partial charge in [0, 0.05) is 39.0 Å². The zero-order chi connectivity index (χ0) is 15.8. The van der Waals surface area contributed by atoms with E-state index in [4.69, 9.17) is 11.6 Å². The quantitative estimate of drug-likeness (QED) is 0.275. The predicted octanol–water partition coefficient (Wildman–Crippen LogP) is 5.43. The van der Waals surface area contributed by atoms with Crippen molar-refractivity contribution in [3.05, 3.63) is 65.9 Å². The zero-order valence-corrected chi connectivity index (χ0v) is 13.2. The van der Waals surface area contributed by atoms with Crippen LogP contribution in [0.1, 0.15) is 0 Å². The molecule has 0 bridgehead atoms. The first-order valence-corrected chi connectivity index (χ1v) is 8.18. The summed E-state index contributed by atoms with van der Waals surface area (Å²) < 4.78 is 2.23. The van der Waals surface area contributed by atoms with E-state index < -0.39 is 0 Å². The van der Waals surface area contributed by atoms with Crippen LogP contribution in [0, 0.1) is 0 Å². The third kappa shape index (κ3) is 1.35. The van der Waals surface area contributed by atoms with Crippen LogP contribution in [0.3, 0.4) is 0 Å². The Hall–Kier alpha value is -2.91. The Kier molecular flexibility index (Phi) is 2.15. The highest BCUT2D eigenvalue weighted by molar-refractivity contribution is 6.33. The Morgan fingerprint density at radius 2 is 1.71 bits per heavy atom. The van der Waals surface area contributed by atoms with Gasteiger partial charge in [-0.15, -0.1) is 0 Å². The second-order valence-corrected chi connectivity index (χ2v) is 6.53. The third-order valence-electron chi connectivity index (χ3n) is 4.85. The molecule has 0 aliphatic heterocycles. The fraction of sp³-hybridized carbons (Fsp3) is 0. The minimum absolute atomic E-state index is 0.722. The fourth-order valence-electron chi connectivity index (χ4n) is 3.96. The Bertz CT molecular complexity index is 1410. The molecule has 0 aliphatic carbocycles. The van der Waals surface area contributed by atoms with E-state index in [2.05, 4.69) is 38.6 Å². The largest absolute Gasteiger partial charge is 0.292 e. The van der Waals surface area contributed by atoms with Crippen molar-refractivity contribution in [1.29, 1.82) is 0 Å². The number of pyridine rings is 3. The summed E-state index contributed by atoms with van der Waals surface area (Å²) in [6.45, 7) is 0. The van der Waals surface area contributed by atoms with Gasteiger partial charge in [-0.3, -0.25) is 9.38 Å². The number of benzene rings is 2. The minimum Gasteiger partial charge on any atom is -0.292 e. The van der Waals surface area contributed by atoms with Crippen molar-refractivity contribution in [2.75, 3.05) is 0 Å². The summed E-state index contributed by atoms with van der Waals surface area (Å²) in [6.07, 6.45) is 3.69. The number of fused-ring (bicyclic) bond motifs is 5. The molecular weight excluding hydrogens is 318 g/mol. The molecule has 0 saturated heterocycles. The highest BCUT2D eigenvalue weighted by atomic mass is 35.5. The van der Waals surface area contributed by atoms with Crippen LogP contribution < -0.4 is 0 Å². The van der Waals surface area contributed by atoms with Gasteiger partial charge in [-0.05, 0) is 35.7 Å². The molecule has 3 nitrogen and oxygen atoms in total. The minimum atomic E-state index is 0.722. The Morgan fingerprint density at radius 1 is 0.833 bits per heavy atom. The molecule has 6 aromatic rings. The number of hydrogen-bond acceptors (Lipinski definition) is 2. The van der Waals surface area contributed by atoms with Gasteiger partial charge in [-0.2, -0.15) is 0 Å². The lowest BCUT2D eigenvalue weighted by Gasteiger charge is -2.12. The van der Waals surface area contributed by atoms with Crippen LogP contribution in [0.2, 0.25) is 5.02 Å². The Morgan fingerprint density at radius 3 is 2.67 bits per heavy atom. The monoisotopic (exact) mass is 327 g/mol. The maximum absolute atomic E-state index is 6.41. The van der Waals surface area contributed by atoms with Gasteiger partial charge in [-0.1, -0.05) is 29.8 Å². The van der Waals surface area contributed by atoms with Crippen molar-refractivity contribution in [1.82, 2.24) is 14.4 Å². The Labute approximate surface area is 141 Å². The number of halogens is 1. The molecule has 4 heteroatoms. The number of hydrogen-bond donors (Lipinski definition) is 0. The van der Waals surface area contributed by atoms with E-state index in [1.54, 1.807) is 0 Å². The summed E-state index contributed by atoms with van der Waals surface area (Å²) in [5.74, 6) is 0. The average molecular weight is 328 g/mol. The third-order valence-corrected chi connectivity index (χ3v) is 5.07. The van der Waals surface area contributed by atoms with E-state index in [0.29, 0.717) is 0 Å². The first kappa shape index (κ1) is 12.5. The van der Waals surface area contributed by atoms with Crippen LogP contribution in [-0.2, 0) is 0 Å². The highest BCUT2D eigenvalue weighted by Crippen LogP contribution is 2.39. The molecule has 0 fully saturated rings. The summed E-state index contributed by atoms with van der Waals surface area (Å²) in [4.78, 5) is 9.34. The summed E-state index contributed by atoms with van der Waals surface area (Å²) in [5.41, 5.74) is 4.18. The molecule has 0 aliphatic rings. The van der Waals surface area contributed by atoms with E-state index >= 15 is 0 Å². The molecule has 4 aromatic heterocycles. The first-order valence-electron chi connectivity index (χ1n) is 7.80. The fourth-order valence-corrected chi connectivity index (χ4v) is 4.18. The highest BCUT2D eigenvalue weighted by Gasteiger charge is 2.18. The molecule has 2 aromatic carbocycles. The van der Waals surface area contributed by atoms with Crippen molar-refractivity contribution < 1.29 is 0 Å². The van der Waals surface area contributed by atoms with Crippen LogP contribution in [0.5, 0.6) is 0 Å². The lowest BCUT2D eigenvalue weighted by molar-refractivity contribution is 1.25. The summed E-state index contributed by atoms with van der Waals surface area (Å²) >= 11 is 6.41. The predicted molar refractivity (Wildman–Crippen MR) is 99.2 cm³/mol. The molecule has 24 heavy (non-hydrogen) atoms. The molecule has 0 N–H and O–H groups in total. The zero-order valence-electron chi connectivity index (χ0n) is 12.5. The van der Waals surface area contributed by atoms with Gasteiger partial charge in [0.1, 0.15) is 5.65 Å². The van der Waals surface area contributed by atoms with Crippen LogP contribution >= 0.6 is 11.6 Å². The molecule has 0 radical (unpaired) electrons. The molecule has 0 spiro atoms. The van der Waals surface area contributed by atoms with Crippen molar-refractivity contribution in [2.24, 2.45) is 0 Å². The molecule has 0 atom stereocenters. The van der Waals surface area contributed by atoms with Gasteiger partial charge in [-0.25, -0.2) is 4.98 Å². The van der Waals surface area contributed by atoms with Gasteiger partial charge in [0.15, 0.2) is 0 Å². The molecule has 0 amide bonds. The molecule has 0 unspecified atom stereocenters. The van der Waals surface area contributed by atoms with Crippen molar-refractivity contribution in [3.8, 4) is 0 Å². The summed E-state index contributed by atoms with van der Waals surface area (Å²) in [6, 6.07) is 16.5. The molecule has 6 rings (SSSR count). The average Bonchev–Trinajstić information content (AvgIpc) is 2.95. The van der Waals surface area contributed by atoms with E-state index in [1.807, 2.05) is 36.7 Å². The standard InChI is InChI=1S/C20H10ClN3/c21-12-9-11-6-8-22-18-15-4-1-3-13-14-5-2-7-23-20(14)24(19(13)15)16(10-12)17(11)18/h1-10H. The van der Waals surface area contributed by atoms with E-state index in [-0.39, 0.29) is 0 Å². The van der Waals surface area contributed by atoms with Crippen LogP contribution in [0.15, 0.2) is 60.9 Å². The normalized spacial score (nSPS) is 12.4. The molecule has 4 heterocycles. The second kappa shape index (κ2) is 4.13. The maximum Gasteiger partial charge on any atom is 0.145 e. The SMILES string of the molecule is Clc1cc2ccnc3c4cccc5c6cccnc6n(c(c1)c23)c54. The van der Waals surface area contributed by atoms with E-state index in [0.717, 1.165) is 48.8 Å². The van der Waals surface area contributed by atoms with Crippen LogP contribution in [0.25, 0.3) is 49.1 Å². The van der Waals surface area contributed by atoms with E-state index in [9.17, 15) is 0 Å². The van der Waals surface area contributed by atoms with Crippen LogP contribution in [-0.4, -0.2) is 14.4 Å². The van der Waals surface area contributed by atoms with Gasteiger partial charge in [0.25, 0.3) is 0 Å². The maximum atomic E-state index is 6.41. The second-order valence-electron chi connectivity index (χ2n) is 6.09. The van der Waals surface area contributed by atoms with E-state index in [1.165, 1.54) is 5.39 Å². The Balaban J connectivity index is 2.15. The molecular formula is C20H10ClN3. The van der Waals surface area contributed by atoms with Gasteiger partial charge in [0.05, 0.1) is 16.6 Å².